The quantitative estimate of drug-likeness (QED) is 0.470. The van der Waals surface area contributed by atoms with E-state index in [9.17, 15) is 0 Å². The van der Waals surface area contributed by atoms with Gasteiger partial charge in [0.15, 0.2) is 0 Å². The average molecular weight is 277 g/mol. The summed E-state index contributed by atoms with van der Waals surface area (Å²) in [5.41, 5.74) is 0. The molecule has 0 aromatic carbocycles. The van der Waals surface area contributed by atoms with Crippen molar-refractivity contribution < 1.29 is 0 Å². The number of hydrogen-bond donors (Lipinski definition) is 0. The van der Waals surface area contributed by atoms with Gasteiger partial charge >= 0.3 is 0 Å². The molecule has 2 rings (SSSR count). The SMILES string of the molecule is CCCCC1CCC(C=CC2CCC(CC)CC2)CC1. The van der Waals surface area contributed by atoms with Crippen LogP contribution in [0.2, 0.25) is 0 Å². The first kappa shape index (κ1) is 16.1. The van der Waals surface area contributed by atoms with E-state index in [0.717, 1.165) is 23.7 Å². The Labute approximate surface area is 127 Å². The van der Waals surface area contributed by atoms with Crippen LogP contribution in [0, 0.1) is 23.7 Å². The highest BCUT2D eigenvalue weighted by molar-refractivity contribution is 4.96. The standard InChI is InChI=1S/C20H36/c1-3-5-6-18-11-13-20(14-12-18)16-15-19-9-7-17(4-2)8-10-19/h15-20H,3-14H2,1-2H3. The lowest BCUT2D eigenvalue weighted by Gasteiger charge is -2.28. The summed E-state index contributed by atoms with van der Waals surface area (Å²) in [6.45, 7) is 4.68. The molecule has 0 amide bonds. The summed E-state index contributed by atoms with van der Waals surface area (Å²) >= 11 is 0. The largest absolute Gasteiger partial charge is 0.0851 e. The zero-order valence-electron chi connectivity index (χ0n) is 13.9. The Bertz CT molecular complexity index is 262. The summed E-state index contributed by atoms with van der Waals surface area (Å²) in [7, 11) is 0. The van der Waals surface area contributed by atoms with Gasteiger partial charge in [0.1, 0.15) is 0 Å². The summed E-state index contributed by atoms with van der Waals surface area (Å²) in [6, 6.07) is 0. The van der Waals surface area contributed by atoms with Gasteiger partial charge in [0.25, 0.3) is 0 Å². The van der Waals surface area contributed by atoms with E-state index in [4.69, 9.17) is 0 Å². The highest BCUT2D eigenvalue weighted by atomic mass is 14.3. The zero-order chi connectivity index (χ0) is 14.2. The minimum Gasteiger partial charge on any atom is -0.0851 e. The van der Waals surface area contributed by atoms with Crippen molar-refractivity contribution in [1.29, 1.82) is 0 Å². The fourth-order valence-corrected chi connectivity index (χ4v) is 4.27. The van der Waals surface area contributed by atoms with E-state index in [0.29, 0.717) is 0 Å². The van der Waals surface area contributed by atoms with E-state index in [1.165, 1.54) is 77.0 Å². The van der Waals surface area contributed by atoms with Gasteiger partial charge < -0.3 is 0 Å². The van der Waals surface area contributed by atoms with E-state index >= 15 is 0 Å². The van der Waals surface area contributed by atoms with Gasteiger partial charge in [-0.3, -0.25) is 0 Å². The lowest BCUT2D eigenvalue weighted by atomic mass is 9.77. The Morgan fingerprint density at radius 1 is 0.700 bits per heavy atom. The maximum Gasteiger partial charge on any atom is -0.0233 e. The van der Waals surface area contributed by atoms with Crippen molar-refractivity contribution in [1.82, 2.24) is 0 Å². The zero-order valence-corrected chi connectivity index (χ0v) is 13.9. The second-order valence-electron chi connectivity index (χ2n) is 7.50. The fourth-order valence-electron chi connectivity index (χ4n) is 4.27. The lowest BCUT2D eigenvalue weighted by Crippen LogP contribution is -2.14. The van der Waals surface area contributed by atoms with Crippen LogP contribution >= 0.6 is 0 Å². The third-order valence-corrected chi connectivity index (χ3v) is 5.98. The summed E-state index contributed by atoms with van der Waals surface area (Å²) in [4.78, 5) is 0. The minimum atomic E-state index is 0.913. The molecule has 20 heavy (non-hydrogen) atoms. The molecule has 0 bridgehead atoms. The van der Waals surface area contributed by atoms with E-state index in [2.05, 4.69) is 26.0 Å². The van der Waals surface area contributed by atoms with Crippen LogP contribution in [0.15, 0.2) is 12.2 Å². The molecule has 0 heterocycles. The minimum absolute atomic E-state index is 0.913. The van der Waals surface area contributed by atoms with Crippen LogP contribution < -0.4 is 0 Å². The van der Waals surface area contributed by atoms with E-state index in [1.807, 2.05) is 0 Å². The number of rotatable bonds is 6. The van der Waals surface area contributed by atoms with Crippen LogP contribution in [0.5, 0.6) is 0 Å². The highest BCUT2D eigenvalue weighted by Crippen LogP contribution is 2.35. The first-order valence-corrected chi connectivity index (χ1v) is 9.50. The molecule has 0 saturated heterocycles. The van der Waals surface area contributed by atoms with E-state index < -0.39 is 0 Å². The molecule has 2 aliphatic carbocycles. The molecule has 0 unspecified atom stereocenters. The molecule has 0 N–H and O–H groups in total. The third-order valence-electron chi connectivity index (χ3n) is 5.98. The predicted molar refractivity (Wildman–Crippen MR) is 89.9 cm³/mol. The van der Waals surface area contributed by atoms with E-state index in [1.54, 1.807) is 0 Å². The molecule has 0 aromatic heterocycles. The van der Waals surface area contributed by atoms with Crippen LogP contribution in [0.3, 0.4) is 0 Å². The van der Waals surface area contributed by atoms with Crippen molar-refractivity contribution in [2.75, 3.05) is 0 Å². The van der Waals surface area contributed by atoms with Crippen LogP contribution in [0.25, 0.3) is 0 Å². The maximum atomic E-state index is 2.60. The first-order chi connectivity index (χ1) is 9.81. The molecular weight excluding hydrogens is 240 g/mol. The average Bonchev–Trinajstić information content (AvgIpc) is 2.52. The molecule has 116 valence electrons. The molecule has 2 fully saturated rings. The second-order valence-corrected chi connectivity index (χ2v) is 7.50. The van der Waals surface area contributed by atoms with Gasteiger partial charge in [-0.05, 0) is 75.0 Å². The summed E-state index contributed by atoms with van der Waals surface area (Å²) in [5, 5.41) is 0. The topological polar surface area (TPSA) is 0 Å². The van der Waals surface area contributed by atoms with Crippen LogP contribution in [-0.4, -0.2) is 0 Å². The second kappa shape index (κ2) is 8.90. The fraction of sp³-hybridized carbons (Fsp3) is 0.900. The molecule has 0 radical (unpaired) electrons. The van der Waals surface area contributed by atoms with Crippen LogP contribution in [0.1, 0.15) is 90.9 Å². The molecule has 0 spiro atoms. The number of unbranched alkanes of at least 4 members (excludes halogenated alkanes) is 1. The molecule has 2 saturated carbocycles. The Morgan fingerprint density at radius 3 is 1.65 bits per heavy atom. The number of hydrogen-bond acceptors (Lipinski definition) is 0. The molecule has 0 aromatic rings. The molecule has 2 aliphatic rings. The molecule has 0 aliphatic heterocycles. The monoisotopic (exact) mass is 276 g/mol. The molecule has 0 heteroatoms. The molecule has 0 atom stereocenters. The van der Waals surface area contributed by atoms with Gasteiger partial charge in [-0.15, -0.1) is 0 Å². The Kier molecular flexibility index (Phi) is 7.17. The van der Waals surface area contributed by atoms with Crippen molar-refractivity contribution >= 4 is 0 Å². The van der Waals surface area contributed by atoms with Crippen LogP contribution in [0.4, 0.5) is 0 Å². The van der Waals surface area contributed by atoms with Gasteiger partial charge in [-0.25, -0.2) is 0 Å². The van der Waals surface area contributed by atoms with Crippen molar-refractivity contribution in [3.8, 4) is 0 Å². The Hall–Kier alpha value is -0.260. The maximum absolute atomic E-state index is 2.60. The van der Waals surface area contributed by atoms with Gasteiger partial charge in [0.05, 0.1) is 0 Å². The van der Waals surface area contributed by atoms with Crippen molar-refractivity contribution in [3.05, 3.63) is 12.2 Å². The summed E-state index contributed by atoms with van der Waals surface area (Å²) < 4.78 is 0. The van der Waals surface area contributed by atoms with Crippen molar-refractivity contribution in [2.24, 2.45) is 23.7 Å². The first-order valence-electron chi connectivity index (χ1n) is 9.50. The normalized spacial score (nSPS) is 35.5. The summed E-state index contributed by atoms with van der Waals surface area (Å²) in [6.07, 6.45) is 22.7. The van der Waals surface area contributed by atoms with Crippen molar-refractivity contribution in [3.63, 3.8) is 0 Å². The molecule has 0 nitrogen and oxygen atoms in total. The van der Waals surface area contributed by atoms with Gasteiger partial charge in [0.2, 0.25) is 0 Å². The lowest BCUT2D eigenvalue weighted by molar-refractivity contribution is 0.285. The smallest absolute Gasteiger partial charge is 0.0233 e. The summed E-state index contributed by atoms with van der Waals surface area (Å²) in [5.74, 6) is 3.92. The van der Waals surface area contributed by atoms with Gasteiger partial charge in [-0.2, -0.15) is 0 Å². The Morgan fingerprint density at radius 2 is 1.20 bits per heavy atom. The predicted octanol–water partition coefficient (Wildman–Crippen LogP) is 6.76. The van der Waals surface area contributed by atoms with E-state index in [-0.39, 0.29) is 0 Å². The van der Waals surface area contributed by atoms with Gasteiger partial charge in [-0.1, -0.05) is 51.7 Å². The third kappa shape index (κ3) is 5.26. The highest BCUT2D eigenvalue weighted by Gasteiger charge is 2.21. The molecular formula is C20H36. The Balaban J connectivity index is 1.64. The van der Waals surface area contributed by atoms with Gasteiger partial charge in [0, 0.05) is 0 Å². The van der Waals surface area contributed by atoms with Crippen molar-refractivity contribution in [2.45, 2.75) is 90.9 Å². The van der Waals surface area contributed by atoms with Crippen LogP contribution in [-0.2, 0) is 0 Å². The number of allylic oxidation sites excluding steroid dienone is 2.